The van der Waals surface area contributed by atoms with E-state index in [4.69, 9.17) is 10.3 Å². The van der Waals surface area contributed by atoms with Gasteiger partial charge in [-0.1, -0.05) is 43.3 Å². The standard InChI is InChI=1S/C20H21N7O/c1-12(2)20(3,18-26-17(28-27-18)16-10-22-11-25-16)15-6-4-13(5-7-15)14-8-23-19(21)24-9-14/h4-12H,1-3H3,(H,22,25)(H2,21,23,24). The van der Waals surface area contributed by atoms with E-state index < -0.39 is 5.41 Å². The van der Waals surface area contributed by atoms with Gasteiger partial charge in [-0.3, -0.25) is 0 Å². The van der Waals surface area contributed by atoms with Gasteiger partial charge in [0.1, 0.15) is 5.69 Å². The molecule has 28 heavy (non-hydrogen) atoms. The Morgan fingerprint density at radius 2 is 1.75 bits per heavy atom. The van der Waals surface area contributed by atoms with Gasteiger partial charge in [-0.2, -0.15) is 4.98 Å². The molecule has 4 rings (SSSR count). The largest absolute Gasteiger partial charge is 0.368 e. The second kappa shape index (κ2) is 6.88. The van der Waals surface area contributed by atoms with E-state index in [1.165, 1.54) is 0 Å². The first-order valence-electron chi connectivity index (χ1n) is 9.00. The molecular weight excluding hydrogens is 354 g/mol. The minimum atomic E-state index is -0.419. The zero-order chi connectivity index (χ0) is 19.7. The number of nitrogens with zero attached hydrogens (tertiary/aromatic N) is 5. The fraction of sp³-hybridized carbons (Fsp3) is 0.250. The summed E-state index contributed by atoms with van der Waals surface area (Å²) in [5.41, 5.74) is 8.87. The molecule has 0 bridgehead atoms. The van der Waals surface area contributed by atoms with E-state index in [0.29, 0.717) is 17.4 Å². The lowest BCUT2D eigenvalue weighted by Crippen LogP contribution is -2.31. The molecule has 0 fully saturated rings. The Kier molecular flexibility index (Phi) is 4.38. The van der Waals surface area contributed by atoms with E-state index in [9.17, 15) is 0 Å². The molecule has 142 valence electrons. The van der Waals surface area contributed by atoms with Gasteiger partial charge in [0.05, 0.1) is 17.9 Å². The van der Waals surface area contributed by atoms with E-state index in [0.717, 1.165) is 16.7 Å². The van der Waals surface area contributed by atoms with Crippen LogP contribution in [-0.4, -0.2) is 30.1 Å². The van der Waals surface area contributed by atoms with Crippen LogP contribution < -0.4 is 5.73 Å². The van der Waals surface area contributed by atoms with Crippen LogP contribution in [0.2, 0.25) is 0 Å². The maximum absolute atomic E-state index is 5.57. The second-order valence-corrected chi connectivity index (χ2v) is 7.15. The van der Waals surface area contributed by atoms with Gasteiger partial charge in [0, 0.05) is 18.0 Å². The summed E-state index contributed by atoms with van der Waals surface area (Å²) in [5.74, 6) is 1.56. The van der Waals surface area contributed by atoms with Crippen LogP contribution >= 0.6 is 0 Å². The number of imidazole rings is 1. The van der Waals surface area contributed by atoms with Crippen LogP contribution in [0, 0.1) is 5.92 Å². The van der Waals surface area contributed by atoms with Gasteiger partial charge in [0.25, 0.3) is 5.89 Å². The van der Waals surface area contributed by atoms with Crippen molar-refractivity contribution in [2.24, 2.45) is 5.92 Å². The molecule has 0 aliphatic carbocycles. The molecule has 8 nitrogen and oxygen atoms in total. The summed E-state index contributed by atoms with van der Waals surface area (Å²) in [6.07, 6.45) is 6.68. The van der Waals surface area contributed by atoms with Crippen molar-refractivity contribution in [2.45, 2.75) is 26.2 Å². The minimum absolute atomic E-state index is 0.241. The number of hydrogen-bond donors (Lipinski definition) is 2. The van der Waals surface area contributed by atoms with Crippen molar-refractivity contribution in [1.82, 2.24) is 30.1 Å². The van der Waals surface area contributed by atoms with E-state index in [-0.39, 0.29) is 11.9 Å². The number of aromatic amines is 1. The molecular formula is C20H21N7O. The van der Waals surface area contributed by atoms with Gasteiger partial charge >= 0.3 is 0 Å². The predicted molar refractivity (Wildman–Crippen MR) is 105 cm³/mol. The van der Waals surface area contributed by atoms with Crippen LogP contribution in [0.1, 0.15) is 32.2 Å². The summed E-state index contributed by atoms with van der Waals surface area (Å²) < 4.78 is 5.47. The molecule has 3 heterocycles. The molecule has 1 aromatic carbocycles. The Bertz CT molecular complexity index is 1050. The highest BCUT2D eigenvalue weighted by atomic mass is 16.5. The van der Waals surface area contributed by atoms with Crippen LogP contribution in [0.25, 0.3) is 22.7 Å². The number of nitrogens with two attached hydrogens (primary N) is 1. The Hall–Kier alpha value is -3.55. The number of H-pyrrole nitrogens is 1. The average Bonchev–Trinajstić information content (AvgIpc) is 3.40. The molecule has 0 saturated carbocycles. The van der Waals surface area contributed by atoms with Gasteiger partial charge in [-0.25, -0.2) is 15.0 Å². The molecule has 3 N–H and O–H groups in total. The average molecular weight is 375 g/mol. The smallest absolute Gasteiger partial charge is 0.276 e. The molecule has 1 unspecified atom stereocenters. The SMILES string of the molecule is CC(C)C(C)(c1ccc(-c2cnc(N)nc2)cc1)c1noc(-c2cnc[nH]2)n1. The first kappa shape index (κ1) is 17.8. The number of rotatable bonds is 5. The highest BCUT2D eigenvalue weighted by Crippen LogP contribution is 2.38. The highest BCUT2D eigenvalue weighted by Gasteiger charge is 2.37. The van der Waals surface area contributed by atoms with Gasteiger partial charge in [-0.05, 0) is 24.0 Å². The summed E-state index contributed by atoms with van der Waals surface area (Å²) in [4.78, 5) is 19.7. The maximum Gasteiger partial charge on any atom is 0.276 e. The second-order valence-electron chi connectivity index (χ2n) is 7.15. The van der Waals surface area contributed by atoms with Crippen molar-refractivity contribution in [3.05, 3.63) is 60.6 Å². The van der Waals surface area contributed by atoms with Gasteiger partial charge in [-0.15, -0.1) is 0 Å². The zero-order valence-electron chi connectivity index (χ0n) is 15.9. The molecule has 0 aliphatic rings. The highest BCUT2D eigenvalue weighted by molar-refractivity contribution is 5.62. The molecule has 0 aliphatic heterocycles. The Morgan fingerprint density at radius 1 is 1.04 bits per heavy atom. The van der Waals surface area contributed by atoms with Crippen molar-refractivity contribution in [3.63, 3.8) is 0 Å². The third-order valence-corrected chi connectivity index (χ3v) is 5.26. The third kappa shape index (κ3) is 3.02. The molecule has 8 heteroatoms. The molecule has 3 aromatic heterocycles. The molecule has 0 radical (unpaired) electrons. The number of anilines is 1. The number of hydrogen-bond acceptors (Lipinski definition) is 7. The lowest BCUT2D eigenvalue weighted by atomic mass is 9.72. The van der Waals surface area contributed by atoms with Crippen molar-refractivity contribution in [1.29, 1.82) is 0 Å². The third-order valence-electron chi connectivity index (χ3n) is 5.26. The molecule has 0 saturated heterocycles. The summed E-state index contributed by atoms with van der Waals surface area (Å²) in [6, 6.07) is 8.25. The Balaban J connectivity index is 1.70. The van der Waals surface area contributed by atoms with E-state index in [2.05, 4.69) is 63.0 Å². The van der Waals surface area contributed by atoms with Crippen LogP contribution in [-0.2, 0) is 5.41 Å². The number of aromatic nitrogens is 6. The first-order chi connectivity index (χ1) is 13.5. The van der Waals surface area contributed by atoms with E-state index in [1.807, 2.05) is 12.1 Å². The van der Waals surface area contributed by atoms with Crippen molar-refractivity contribution >= 4 is 5.95 Å². The van der Waals surface area contributed by atoms with Crippen LogP contribution in [0.3, 0.4) is 0 Å². The van der Waals surface area contributed by atoms with Crippen molar-refractivity contribution in [3.8, 4) is 22.7 Å². The molecule has 1 atom stereocenters. The maximum atomic E-state index is 5.57. The Labute approximate surface area is 162 Å². The summed E-state index contributed by atoms with van der Waals surface area (Å²) >= 11 is 0. The monoisotopic (exact) mass is 375 g/mol. The van der Waals surface area contributed by atoms with Crippen LogP contribution in [0.5, 0.6) is 0 Å². The number of nitrogens with one attached hydrogen (secondary N) is 1. The Morgan fingerprint density at radius 3 is 2.36 bits per heavy atom. The number of nitrogen functional groups attached to an aromatic ring is 1. The first-order valence-corrected chi connectivity index (χ1v) is 9.00. The van der Waals surface area contributed by atoms with Gasteiger partial charge in [0.15, 0.2) is 5.82 Å². The fourth-order valence-corrected chi connectivity index (χ4v) is 3.13. The van der Waals surface area contributed by atoms with Crippen LogP contribution in [0.4, 0.5) is 5.95 Å². The summed E-state index contributed by atoms with van der Waals surface area (Å²) in [7, 11) is 0. The van der Waals surface area contributed by atoms with E-state index in [1.54, 1.807) is 24.9 Å². The lowest BCUT2D eigenvalue weighted by Gasteiger charge is -2.31. The number of benzene rings is 1. The predicted octanol–water partition coefficient (Wildman–Crippen LogP) is 3.46. The molecule has 4 aromatic rings. The van der Waals surface area contributed by atoms with Crippen LogP contribution in [0.15, 0.2) is 53.7 Å². The normalized spacial score (nSPS) is 13.6. The zero-order valence-corrected chi connectivity index (χ0v) is 15.9. The van der Waals surface area contributed by atoms with Gasteiger partial charge in [0.2, 0.25) is 5.95 Å². The summed E-state index contributed by atoms with van der Waals surface area (Å²) in [5, 5.41) is 4.26. The van der Waals surface area contributed by atoms with E-state index >= 15 is 0 Å². The topological polar surface area (TPSA) is 119 Å². The lowest BCUT2D eigenvalue weighted by molar-refractivity contribution is 0.350. The minimum Gasteiger partial charge on any atom is -0.368 e. The van der Waals surface area contributed by atoms with Crippen molar-refractivity contribution < 1.29 is 4.52 Å². The summed E-state index contributed by atoms with van der Waals surface area (Å²) in [6.45, 7) is 6.42. The quantitative estimate of drug-likeness (QED) is 0.548. The van der Waals surface area contributed by atoms with Crippen molar-refractivity contribution in [2.75, 3.05) is 5.73 Å². The molecule has 0 spiro atoms. The molecule has 0 amide bonds. The fourth-order valence-electron chi connectivity index (χ4n) is 3.13. The van der Waals surface area contributed by atoms with Gasteiger partial charge < -0.3 is 15.2 Å².